The second kappa shape index (κ2) is 5.88. The first-order valence-electron chi connectivity index (χ1n) is 6.56. The molecule has 102 valence electrons. The van der Waals surface area contributed by atoms with Crippen molar-refractivity contribution in [1.29, 1.82) is 0 Å². The molecule has 0 aromatic heterocycles. The first kappa shape index (κ1) is 15.2. The maximum atomic E-state index is 9.35. The van der Waals surface area contributed by atoms with Gasteiger partial charge in [-0.25, -0.2) is 0 Å². The second-order valence-corrected chi connectivity index (χ2v) is 7.65. The second-order valence-electron chi connectivity index (χ2n) is 6.11. The topological polar surface area (TPSA) is 49.7 Å². The minimum Gasteiger partial charge on any atom is -0.333 e. The molecule has 17 heavy (non-hydrogen) atoms. The van der Waals surface area contributed by atoms with Gasteiger partial charge in [0.2, 0.25) is 7.57 Å². The summed E-state index contributed by atoms with van der Waals surface area (Å²) in [6.45, 7) is 8.92. The SMILES string of the molecule is C=P(O)(O)OC1C[C@@H](C(C)C)C[C@@H](C(C)C)C1. The van der Waals surface area contributed by atoms with Crippen molar-refractivity contribution < 1.29 is 14.3 Å². The normalized spacial score (nSPS) is 31.2. The third kappa shape index (κ3) is 5.13. The Hall–Kier alpha value is 0.180. The first-order valence-corrected chi connectivity index (χ1v) is 8.36. The Labute approximate surface area is 105 Å². The molecule has 1 rings (SSSR count). The molecule has 1 unspecified atom stereocenters. The van der Waals surface area contributed by atoms with E-state index in [9.17, 15) is 9.79 Å². The standard InChI is InChI=1S/C13H27O3P/c1-9(2)11-6-12(10(3)4)8-13(7-11)16-17(5,14)15/h9-15H,5-8H2,1-4H3/t11-,12+,13?. The van der Waals surface area contributed by atoms with E-state index in [0.717, 1.165) is 12.8 Å². The lowest BCUT2D eigenvalue weighted by Crippen LogP contribution is -2.32. The molecule has 1 aliphatic rings. The summed E-state index contributed by atoms with van der Waals surface area (Å²) < 4.78 is 5.35. The van der Waals surface area contributed by atoms with E-state index in [2.05, 4.69) is 34.0 Å². The Morgan fingerprint density at radius 3 is 1.71 bits per heavy atom. The molecule has 0 aromatic rings. The van der Waals surface area contributed by atoms with Gasteiger partial charge in [-0.05, 0) is 49.2 Å². The Balaban J connectivity index is 2.68. The highest BCUT2D eigenvalue weighted by molar-refractivity contribution is 7.57. The molecule has 0 aliphatic heterocycles. The van der Waals surface area contributed by atoms with Crippen LogP contribution in [-0.4, -0.2) is 22.2 Å². The maximum Gasteiger partial charge on any atom is 0.245 e. The summed E-state index contributed by atoms with van der Waals surface area (Å²) in [5.41, 5.74) is 0. The van der Waals surface area contributed by atoms with Crippen LogP contribution in [0.2, 0.25) is 0 Å². The van der Waals surface area contributed by atoms with Crippen LogP contribution in [0.15, 0.2) is 0 Å². The predicted molar refractivity (Wildman–Crippen MR) is 73.9 cm³/mol. The van der Waals surface area contributed by atoms with E-state index < -0.39 is 7.57 Å². The molecule has 4 heteroatoms. The van der Waals surface area contributed by atoms with Crippen molar-refractivity contribution in [1.82, 2.24) is 0 Å². The molecule has 3 nitrogen and oxygen atoms in total. The molecule has 0 saturated heterocycles. The monoisotopic (exact) mass is 262 g/mol. The van der Waals surface area contributed by atoms with Gasteiger partial charge in [-0.1, -0.05) is 27.7 Å². The van der Waals surface area contributed by atoms with Gasteiger partial charge in [0.05, 0.1) is 6.10 Å². The van der Waals surface area contributed by atoms with Gasteiger partial charge in [0.1, 0.15) is 0 Å². The Bertz CT molecular complexity index is 266. The van der Waals surface area contributed by atoms with Crippen molar-refractivity contribution in [3.8, 4) is 0 Å². The molecule has 0 radical (unpaired) electrons. The molecular formula is C13H27O3P. The molecule has 1 fully saturated rings. The molecule has 0 spiro atoms. The van der Waals surface area contributed by atoms with Gasteiger partial charge in [-0.3, -0.25) is 0 Å². The number of rotatable bonds is 4. The molecule has 3 atom stereocenters. The predicted octanol–water partition coefficient (Wildman–Crippen LogP) is 3.28. The van der Waals surface area contributed by atoms with Crippen molar-refractivity contribution in [3.05, 3.63) is 0 Å². The summed E-state index contributed by atoms with van der Waals surface area (Å²) >= 11 is 0. The van der Waals surface area contributed by atoms with Crippen LogP contribution >= 0.6 is 7.57 Å². The van der Waals surface area contributed by atoms with Crippen LogP contribution in [0.4, 0.5) is 0 Å². The van der Waals surface area contributed by atoms with Gasteiger partial charge in [-0.2, -0.15) is 0 Å². The molecular weight excluding hydrogens is 235 g/mol. The van der Waals surface area contributed by atoms with Crippen LogP contribution in [0.3, 0.4) is 0 Å². The Morgan fingerprint density at radius 2 is 1.41 bits per heavy atom. The molecule has 0 amide bonds. The minimum atomic E-state index is -3.35. The van der Waals surface area contributed by atoms with Gasteiger partial charge >= 0.3 is 0 Å². The quantitative estimate of drug-likeness (QED) is 0.764. The fourth-order valence-electron chi connectivity index (χ4n) is 2.77. The molecule has 1 aliphatic carbocycles. The lowest BCUT2D eigenvalue weighted by atomic mass is 9.71. The smallest absolute Gasteiger partial charge is 0.245 e. The van der Waals surface area contributed by atoms with Crippen molar-refractivity contribution in [2.24, 2.45) is 23.7 Å². The lowest BCUT2D eigenvalue weighted by molar-refractivity contribution is 0.0471. The Kier molecular flexibility index (Phi) is 5.27. The van der Waals surface area contributed by atoms with Crippen LogP contribution in [0.25, 0.3) is 0 Å². The molecule has 2 N–H and O–H groups in total. The summed E-state index contributed by atoms with van der Waals surface area (Å²) in [4.78, 5) is 18.7. The third-order valence-corrected chi connectivity index (χ3v) is 4.58. The molecule has 1 saturated carbocycles. The minimum absolute atomic E-state index is 0.0376. The summed E-state index contributed by atoms with van der Waals surface area (Å²) in [6, 6.07) is 0. The van der Waals surface area contributed by atoms with Crippen LogP contribution in [0, 0.1) is 23.7 Å². The highest BCUT2D eigenvalue weighted by Crippen LogP contribution is 2.45. The van der Waals surface area contributed by atoms with Crippen molar-refractivity contribution in [3.63, 3.8) is 0 Å². The van der Waals surface area contributed by atoms with Crippen molar-refractivity contribution in [2.45, 2.75) is 53.1 Å². The molecule has 0 heterocycles. The van der Waals surface area contributed by atoms with Gasteiger partial charge in [0, 0.05) is 0 Å². The number of hydrogen-bond donors (Lipinski definition) is 2. The summed E-state index contributed by atoms with van der Waals surface area (Å²) in [7, 11) is -3.35. The highest BCUT2D eigenvalue weighted by Gasteiger charge is 2.33. The Morgan fingerprint density at radius 1 is 1.00 bits per heavy atom. The van der Waals surface area contributed by atoms with E-state index in [0.29, 0.717) is 23.7 Å². The number of hydrogen-bond acceptors (Lipinski definition) is 3. The molecule has 0 bridgehead atoms. The van der Waals surface area contributed by atoms with Gasteiger partial charge in [0.25, 0.3) is 0 Å². The van der Waals surface area contributed by atoms with Crippen LogP contribution in [-0.2, 0) is 4.52 Å². The van der Waals surface area contributed by atoms with Crippen molar-refractivity contribution >= 4 is 13.9 Å². The van der Waals surface area contributed by atoms with Gasteiger partial charge in [-0.15, -0.1) is 0 Å². The van der Waals surface area contributed by atoms with E-state index in [1.807, 2.05) is 0 Å². The zero-order chi connectivity index (χ0) is 13.2. The van der Waals surface area contributed by atoms with Crippen LogP contribution in [0.1, 0.15) is 47.0 Å². The van der Waals surface area contributed by atoms with E-state index >= 15 is 0 Å². The van der Waals surface area contributed by atoms with E-state index in [1.165, 1.54) is 6.42 Å². The highest BCUT2D eigenvalue weighted by atomic mass is 31.2. The lowest BCUT2D eigenvalue weighted by Gasteiger charge is -2.39. The van der Waals surface area contributed by atoms with Crippen LogP contribution < -0.4 is 0 Å². The fraction of sp³-hybridized carbons (Fsp3) is 0.923. The van der Waals surface area contributed by atoms with Crippen LogP contribution in [0.5, 0.6) is 0 Å². The summed E-state index contributed by atoms with van der Waals surface area (Å²) in [6.07, 6.45) is 6.36. The van der Waals surface area contributed by atoms with E-state index in [4.69, 9.17) is 4.52 Å². The summed E-state index contributed by atoms with van der Waals surface area (Å²) in [5.74, 6) is 2.48. The maximum absolute atomic E-state index is 9.35. The first-order chi connectivity index (χ1) is 7.69. The molecule has 0 aromatic carbocycles. The average molecular weight is 262 g/mol. The van der Waals surface area contributed by atoms with E-state index in [-0.39, 0.29) is 6.10 Å². The third-order valence-electron chi connectivity index (χ3n) is 3.94. The average Bonchev–Trinajstić information content (AvgIpc) is 2.14. The van der Waals surface area contributed by atoms with Gasteiger partial charge < -0.3 is 14.3 Å². The summed E-state index contributed by atoms with van der Waals surface area (Å²) in [5, 5.41) is 0. The van der Waals surface area contributed by atoms with Gasteiger partial charge in [0.15, 0.2) is 0 Å². The largest absolute Gasteiger partial charge is 0.333 e. The zero-order valence-corrected chi connectivity index (χ0v) is 12.4. The van der Waals surface area contributed by atoms with E-state index in [1.54, 1.807) is 0 Å². The zero-order valence-electron chi connectivity index (χ0n) is 11.5. The van der Waals surface area contributed by atoms with Crippen molar-refractivity contribution in [2.75, 3.05) is 0 Å². The fourth-order valence-corrected chi connectivity index (χ4v) is 3.42.